The van der Waals surface area contributed by atoms with Crippen molar-refractivity contribution in [3.8, 4) is 17.1 Å². The lowest BCUT2D eigenvalue weighted by Crippen LogP contribution is -2.08. The summed E-state index contributed by atoms with van der Waals surface area (Å²) in [7, 11) is 0. The molecule has 0 fully saturated rings. The van der Waals surface area contributed by atoms with Crippen molar-refractivity contribution in [1.29, 1.82) is 0 Å². The summed E-state index contributed by atoms with van der Waals surface area (Å²) in [6, 6.07) is 19.2. The third-order valence-electron chi connectivity index (χ3n) is 4.03. The van der Waals surface area contributed by atoms with E-state index in [0.29, 0.717) is 23.2 Å². The number of rotatable bonds is 7. The zero-order valence-corrected chi connectivity index (χ0v) is 15.8. The number of Topliss-reactive ketones (excluding diaryl/α,β-unsaturated/α-hetero) is 1. The van der Waals surface area contributed by atoms with E-state index in [1.807, 2.05) is 65.2 Å². The number of pyridine rings is 2. The molecular formula is C21H17N5OS. The lowest BCUT2D eigenvalue weighted by molar-refractivity contribution is -0.116. The zero-order valence-electron chi connectivity index (χ0n) is 15.0. The van der Waals surface area contributed by atoms with Crippen molar-refractivity contribution >= 4 is 17.5 Å². The third kappa shape index (κ3) is 4.15. The average Bonchev–Trinajstić information content (AvgIpc) is 3.18. The van der Waals surface area contributed by atoms with E-state index in [1.165, 1.54) is 11.8 Å². The van der Waals surface area contributed by atoms with Crippen LogP contribution < -0.4 is 0 Å². The van der Waals surface area contributed by atoms with Gasteiger partial charge in [0.15, 0.2) is 11.0 Å². The van der Waals surface area contributed by atoms with Gasteiger partial charge in [-0.25, -0.2) is 0 Å². The van der Waals surface area contributed by atoms with E-state index in [-0.39, 0.29) is 5.78 Å². The van der Waals surface area contributed by atoms with Crippen LogP contribution in [-0.2, 0) is 11.2 Å². The van der Waals surface area contributed by atoms with Crippen LogP contribution >= 0.6 is 11.8 Å². The van der Waals surface area contributed by atoms with Crippen LogP contribution in [0.2, 0.25) is 0 Å². The van der Waals surface area contributed by atoms with Gasteiger partial charge in [-0.05, 0) is 36.4 Å². The number of carbonyl (C=O) groups is 1. The molecule has 0 unspecified atom stereocenters. The quantitative estimate of drug-likeness (QED) is 0.451. The second-order valence-corrected chi connectivity index (χ2v) is 6.99. The lowest BCUT2D eigenvalue weighted by Gasteiger charge is -2.10. The van der Waals surface area contributed by atoms with Crippen LogP contribution in [0.15, 0.2) is 84.4 Å². The Hall–Kier alpha value is -3.32. The molecular weight excluding hydrogens is 370 g/mol. The summed E-state index contributed by atoms with van der Waals surface area (Å²) in [5, 5.41) is 9.35. The molecule has 4 aromatic rings. The first kappa shape index (κ1) is 18.1. The highest BCUT2D eigenvalue weighted by atomic mass is 32.2. The predicted molar refractivity (Wildman–Crippen MR) is 108 cm³/mol. The summed E-state index contributed by atoms with van der Waals surface area (Å²) >= 11 is 1.38. The molecule has 1 aromatic carbocycles. The van der Waals surface area contributed by atoms with Gasteiger partial charge in [-0.15, -0.1) is 10.2 Å². The molecule has 0 amide bonds. The fourth-order valence-electron chi connectivity index (χ4n) is 2.76. The molecule has 0 radical (unpaired) electrons. The number of para-hydroxylation sites is 1. The molecule has 0 aliphatic rings. The summed E-state index contributed by atoms with van der Waals surface area (Å²) < 4.78 is 1.95. The van der Waals surface area contributed by atoms with Gasteiger partial charge in [-0.1, -0.05) is 36.0 Å². The van der Waals surface area contributed by atoms with E-state index in [9.17, 15) is 4.79 Å². The summed E-state index contributed by atoms with van der Waals surface area (Å²) in [6.45, 7) is 0. The largest absolute Gasteiger partial charge is 0.298 e. The highest BCUT2D eigenvalue weighted by molar-refractivity contribution is 7.99. The van der Waals surface area contributed by atoms with E-state index in [4.69, 9.17) is 0 Å². The minimum Gasteiger partial charge on any atom is -0.298 e. The Bertz CT molecular complexity index is 1050. The van der Waals surface area contributed by atoms with Crippen LogP contribution in [0.25, 0.3) is 17.1 Å². The molecule has 138 valence electrons. The minimum atomic E-state index is 0.0919. The standard InChI is InChI=1S/C21H17N5OS/c27-19(13-17-8-4-5-12-23-17)15-28-21-25-24-20(16-7-6-11-22-14-16)26(21)18-9-2-1-3-10-18/h1-12,14H,13,15H2. The monoisotopic (exact) mass is 387 g/mol. The Morgan fingerprint density at radius 1 is 0.929 bits per heavy atom. The van der Waals surface area contributed by atoms with E-state index in [0.717, 1.165) is 16.9 Å². The van der Waals surface area contributed by atoms with Crippen LogP contribution in [0.1, 0.15) is 5.69 Å². The van der Waals surface area contributed by atoms with Crippen LogP contribution in [0.3, 0.4) is 0 Å². The smallest absolute Gasteiger partial charge is 0.196 e. The van der Waals surface area contributed by atoms with Crippen LogP contribution in [0, 0.1) is 0 Å². The van der Waals surface area contributed by atoms with E-state index < -0.39 is 0 Å². The maximum Gasteiger partial charge on any atom is 0.196 e. The van der Waals surface area contributed by atoms with Crippen molar-refractivity contribution in [3.05, 3.63) is 84.9 Å². The first-order chi connectivity index (χ1) is 13.8. The van der Waals surface area contributed by atoms with Gasteiger partial charge < -0.3 is 0 Å². The number of ketones is 1. The molecule has 6 nitrogen and oxygen atoms in total. The average molecular weight is 387 g/mol. The fourth-order valence-corrected chi connectivity index (χ4v) is 3.57. The first-order valence-corrected chi connectivity index (χ1v) is 9.75. The van der Waals surface area contributed by atoms with Gasteiger partial charge in [-0.3, -0.25) is 19.3 Å². The van der Waals surface area contributed by atoms with Gasteiger partial charge in [0.1, 0.15) is 5.78 Å². The fraction of sp³-hybridized carbons (Fsp3) is 0.0952. The molecule has 0 aliphatic heterocycles. The molecule has 0 saturated heterocycles. The number of thioether (sulfide) groups is 1. The van der Waals surface area contributed by atoms with Crippen molar-refractivity contribution < 1.29 is 4.79 Å². The Balaban J connectivity index is 1.59. The third-order valence-corrected chi connectivity index (χ3v) is 5.02. The van der Waals surface area contributed by atoms with E-state index >= 15 is 0 Å². The normalized spacial score (nSPS) is 10.7. The molecule has 0 saturated carbocycles. The van der Waals surface area contributed by atoms with Gasteiger partial charge in [-0.2, -0.15) is 0 Å². The molecule has 0 aliphatic carbocycles. The van der Waals surface area contributed by atoms with Crippen LogP contribution in [0.4, 0.5) is 0 Å². The number of carbonyl (C=O) groups excluding carboxylic acids is 1. The number of hydrogen-bond acceptors (Lipinski definition) is 6. The Morgan fingerprint density at radius 2 is 1.79 bits per heavy atom. The van der Waals surface area contributed by atoms with Crippen LogP contribution in [0.5, 0.6) is 0 Å². The topological polar surface area (TPSA) is 73.6 Å². The van der Waals surface area contributed by atoms with Gasteiger partial charge in [0.2, 0.25) is 0 Å². The van der Waals surface area contributed by atoms with Crippen molar-refractivity contribution in [3.63, 3.8) is 0 Å². The highest BCUT2D eigenvalue weighted by Crippen LogP contribution is 2.27. The number of benzene rings is 1. The molecule has 3 aromatic heterocycles. The molecule has 0 N–H and O–H groups in total. The molecule has 3 heterocycles. The molecule has 0 bridgehead atoms. The van der Waals surface area contributed by atoms with Crippen molar-refractivity contribution in [1.82, 2.24) is 24.7 Å². The number of aromatic nitrogens is 5. The van der Waals surface area contributed by atoms with E-state index in [2.05, 4.69) is 20.2 Å². The molecule has 28 heavy (non-hydrogen) atoms. The zero-order chi connectivity index (χ0) is 19.2. The summed E-state index contributed by atoms with van der Waals surface area (Å²) in [5.74, 6) is 1.09. The maximum atomic E-state index is 12.4. The molecule has 0 atom stereocenters. The second kappa shape index (κ2) is 8.58. The highest BCUT2D eigenvalue weighted by Gasteiger charge is 2.17. The van der Waals surface area contributed by atoms with Gasteiger partial charge in [0, 0.05) is 42.0 Å². The summed E-state index contributed by atoms with van der Waals surface area (Å²) in [4.78, 5) is 20.8. The van der Waals surface area contributed by atoms with Crippen molar-refractivity contribution in [2.24, 2.45) is 0 Å². The summed E-state index contributed by atoms with van der Waals surface area (Å²) in [5.41, 5.74) is 2.57. The Kier molecular flexibility index (Phi) is 5.53. The summed E-state index contributed by atoms with van der Waals surface area (Å²) in [6.07, 6.45) is 5.48. The van der Waals surface area contributed by atoms with Gasteiger partial charge >= 0.3 is 0 Å². The molecule has 0 spiro atoms. The Morgan fingerprint density at radius 3 is 2.54 bits per heavy atom. The van der Waals surface area contributed by atoms with Crippen LogP contribution in [-0.4, -0.2) is 36.3 Å². The van der Waals surface area contributed by atoms with Crippen molar-refractivity contribution in [2.75, 3.05) is 5.75 Å². The molecule has 4 rings (SSSR count). The van der Waals surface area contributed by atoms with Crippen molar-refractivity contribution in [2.45, 2.75) is 11.6 Å². The molecule has 7 heteroatoms. The van der Waals surface area contributed by atoms with Gasteiger partial charge in [0.25, 0.3) is 0 Å². The van der Waals surface area contributed by atoms with Gasteiger partial charge in [0.05, 0.1) is 5.75 Å². The first-order valence-electron chi connectivity index (χ1n) is 8.77. The second-order valence-electron chi connectivity index (χ2n) is 6.04. The number of hydrogen-bond donors (Lipinski definition) is 0. The van der Waals surface area contributed by atoms with E-state index in [1.54, 1.807) is 18.6 Å². The predicted octanol–water partition coefficient (Wildman–Crippen LogP) is 3.63. The maximum absolute atomic E-state index is 12.4. The minimum absolute atomic E-state index is 0.0919. The number of nitrogens with zero attached hydrogens (tertiary/aromatic N) is 5. The lowest BCUT2D eigenvalue weighted by atomic mass is 10.2. The Labute approximate surface area is 166 Å². The SMILES string of the molecule is O=C(CSc1nnc(-c2cccnc2)n1-c1ccccc1)Cc1ccccn1.